The fourth-order valence-corrected chi connectivity index (χ4v) is 3.42. The van der Waals surface area contributed by atoms with E-state index in [-0.39, 0.29) is 11.4 Å². The number of benzene rings is 2. The highest BCUT2D eigenvalue weighted by Gasteiger charge is 2.15. The van der Waals surface area contributed by atoms with Crippen LogP contribution in [0.4, 0.5) is 0 Å². The summed E-state index contributed by atoms with van der Waals surface area (Å²) in [6.07, 6.45) is 1.67. The summed E-state index contributed by atoms with van der Waals surface area (Å²) in [5.41, 5.74) is 0.840. The zero-order chi connectivity index (χ0) is 15.6. The largest absolute Gasteiger partial charge is 0.269 e. The molecule has 0 amide bonds. The molecule has 1 N–H and O–H groups in total. The van der Waals surface area contributed by atoms with E-state index < -0.39 is 10.0 Å². The second-order valence-electron chi connectivity index (χ2n) is 4.97. The van der Waals surface area contributed by atoms with Crippen molar-refractivity contribution in [3.63, 3.8) is 0 Å². The third-order valence-electron chi connectivity index (χ3n) is 3.58. The zero-order valence-electron chi connectivity index (χ0n) is 12.2. The topological polar surface area (TPSA) is 64.0 Å². The van der Waals surface area contributed by atoms with Crippen LogP contribution in [0.5, 0.6) is 0 Å². The van der Waals surface area contributed by atoms with Crippen LogP contribution < -0.4 is 4.72 Å². The average Bonchev–Trinajstić information content (AvgIpc) is 3.00. The minimum atomic E-state index is -3.54. The maximum absolute atomic E-state index is 12.4. The molecule has 0 aliphatic heterocycles. The Morgan fingerprint density at radius 3 is 2.64 bits per heavy atom. The van der Waals surface area contributed by atoms with Crippen LogP contribution in [0.25, 0.3) is 10.8 Å². The van der Waals surface area contributed by atoms with Crippen molar-refractivity contribution in [3.05, 3.63) is 60.4 Å². The fraction of sp³-hybridized carbons (Fsp3) is 0.188. The van der Waals surface area contributed by atoms with Gasteiger partial charge in [0.1, 0.15) is 0 Å². The van der Waals surface area contributed by atoms with E-state index in [0.29, 0.717) is 6.54 Å². The van der Waals surface area contributed by atoms with Crippen LogP contribution in [-0.2, 0) is 23.1 Å². The van der Waals surface area contributed by atoms with Gasteiger partial charge in [-0.3, -0.25) is 4.68 Å². The van der Waals surface area contributed by atoms with Gasteiger partial charge >= 0.3 is 0 Å². The molecule has 0 fully saturated rings. The lowest BCUT2D eigenvalue weighted by atomic mass is 10.1. The SMILES string of the molecule is CCn1nccc1CNS(=O)(=O)c1ccc2ccccc2c1. The van der Waals surface area contributed by atoms with Crippen molar-refractivity contribution in [3.8, 4) is 0 Å². The Kier molecular flexibility index (Phi) is 3.96. The van der Waals surface area contributed by atoms with E-state index in [1.54, 1.807) is 23.0 Å². The van der Waals surface area contributed by atoms with Crippen molar-refractivity contribution >= 4 is 20.8 Å². The summed E-state index contributed by atoms with van der Waals surface area (Å²) < 4.78 is 29.3. The number of nitrogens with one attached hydrogen (secondary N) is 1. The molecular weight excluding hydrogens is 298 g/mol. The number of rotatable bonds is 5. The quantitative estimate of drug-likeness (QED) is 0.787. The third kappa shape index (κ3) is 2.88. The molecule has 114 valence electrons. The Morgan fingerprint density at radius 1 is 1.09 bits per heavy atom. The van der Waals surface area contributed by atoms with Gasteiger partial charge in [-0.05, 0) is 35.9 Å². The second-order valence-corrected chi connectivity index (χ2v) is 6.74. The van der Waals surface area contributed by atoms with Crippen LogP contribution >= 0.6 is 0 Å². The normalized spacial score (nSPS) is 11.9. The third-order valence-corrected chi connectivity index (χ3v) is 4.98. The summed E-state index contributed by atoms with van der Waals surface area (Å²) in [5.74, 6) is 0. The fourth-order valence-electron chi connectivity index (χ4n) is 2.38. The first-order valence-electron chi connectivity index (χ1n) is 7.09. The molecule has 0 aliphatic rings. The van der Waals surface area contributed by atoms with Crippen molar-refractivity contribution in [1.29, 1.82) is 0 Å². The van der Waals surface area contributed by atoms with Crippen LogP contribution in [0, 0.1) is 0 Å². The highest BCUT2D eigenvalue weighted by Crippen LogP contribution is 2.19. The highest BCUT2D eigenvalue weighted by molar-refractivity contribution is 7.89. The average molecular weight is 315 g/mol. The monoisotopic (exact) mass is 315 g/mol. The number of nitrogens with zero attached hydrogens (tertiary/aromatic N) is 2. The molecule has 1 aromatic heterocycles. The van der Waals surface area contributed by atoms with E-state index in [1.807, 2.05) is 43.3 Å². The molecule has 6 heteroatoms. The van der Waals surface area contributed by atoms with Gasteiger partial charge in [-0.25, -0.2) is 13.1 Å². The molecule has 0 spiro atoms. The predicted octanol–water partition coefficient (Wildman–Crippen LogP) is 2.53. The number of aryl methyl sites for hydroxylation is 1. The minimum Gasteiger partial charge on any atom is -0.269 e. The van der Waals surface area contributed by atoms with Crippen LogP contribution in [0.2, 0.25) is 0 Å². The maximum Gasteiger partial charge on any atom is 0.240 e. The van der Waals surface area contributed by atoms with E-state index in [0.717, 1.165) is 16.5 Å². The molecule has 0 bridgehead atoms. The van der Waals surface area contributed by atoms with Crippen LogP contribution in [0.3, 0.4) is 0 Å². The standard InChI is InChI=1S/C16H17N3O2S/c1-2-19-15(9-10-17-19)12-18-22(20,21)16-8-7-13-5-3-4-6-14(13)11-16/h3-11,18H,2,12H2,1H3. The van der Waals surface area contributed by atoms with Gasteiger partial charge in [0.25, 0.3) is 0 Å². The van der Waals surface area contributed by atoms with E-state index in [4.69, 9.17) is 0 Å². The maximum atomic E-state index is 12.4. The molecule has 0 saturated carbocycles. The van der Waals surface area contributed by atoms with Gasteiger partial charge in [-0.2, -0.15) is 5.10 Å². The van der Waals surface area contributed by atoms with Crippen molar-refractivity contribution < 1.29 is 8.42 Å². The van der Waals surface area contributed by atoms with Crippen LogP contribution in [-0.4, -0.2) is 18.2 Å². The summed E-state index contributed by atoms with van der Waals surface area (Å²) in [4.78, 5) is 0.272. The first-order chi connectivity index (χ1) is 10.6. The minimum absolute atomic E-state index is 0.225. The summed E-state index contributed by atoms with van der Waals surface area (Å²) in [7, 11) is -3.54. The lowest BCUT2D eigenvalue weighted by Gasteiger charge is -2.09. The molecule has 3 aromatic rings. The number of hydrogen-bond acceptors (Lipinski definition) is 3. The molecular formula is C16H17N3O2S. The molecule has 0 aliphatic carbocycles. The highest BCUT2D eigenvalue weighted by atomic mass is 32.2. The van der Waals surface area contributed by atoms with E-state index in [2.05, 4.69) is 9.82 Å². The van der Waals surface area contributed by atoms with Crippen molar-refractivity contribution in [2.24, 2.45) is 0 Å². The Hall–Kier alpha value is -2.18. The van der Waals surface area contributed by atoms with E-state index >= 15 is 0 Å². The van der Waals surface area contributed by atoms with Crippen LogP contribution in [0.15, 0.2) is 59.6 Å². The Labute approximate surface area is 129 Å². The molecule has 1 heterocycles. The van der Waals surface area contributed by atoms with Gasteiger partial charge in [0.05, 0.1) is 17.1 Å². The van der Waals surface area contributed by atoms with Gasteiger partial charge in [0, 0.05) is 12.7 Å². The van der Waals surface area contributed by atoms with E-state index in [1.165, 1.54) is 0 Å². The number of sulfonamides is 1. The summed E-state index contributed by atoms with van der Waals surface area (Å²) in [5, 5.41) is 6.06. The molecule has 0 radical (unpaired) electrons. The summed E-state index contributed by atoms with van der Waals surface area (Å²) >= 11 is 0. The first kappa shape index (κ1) is 14.7. The summed E-state index contributed by atoms with van der Waals surface area (Å²) in [6.45, 7) is 2.90. The second kappa shape index (κ2) is 5.90. The lowest BCUT2D eigenvalue weighted by molar-refractivity contribution is 0.570. The van der Waals surface area contributed by atoms with Gasteiger partial charge in [-0.1, -0.05) is 30.3 Å². The van der Waals surface area contributed by atoms with Gasteiger partial charge in [-0.15, -0.1) is 0 Å². The number of hydrogen-bond donors (Lipinski definition) is 1. The molecule has 2 aromatic carbocycles. The first-order valence-corrected chi connectivity index (χ1v) is 8.57. The molecule has 0 atom stereocenters. The zero-order valence-corrected chi connectivity index (χ0v) is 13.0. The number of aromatic nitrogens is 2. The Balaban J connectivity index is 1.85. The smallest absolute Gasteiger partial charge is 0.240 e. The van der Waals surface area contributed by atoms with Crippen LogP contribution in [0.1, 0.15) is 12.6 Å². The van der Waals surface area contributed by atoms with E-state index in [9.17, 15) is 8.42 Å². The van der Waals surface area contributed by atoms with Crippen molar-refractivity contribution in [2.75, 3.05) is 0 Å². The Bertz CT molecular complexity index is 900. The van der Waals surface area contributed by atoms with Gasteiger partial charge in [0.15, 0.2) is 0 Å². The van der Waals surface area contributed by atoms with Gasteiger partial charge in [0.2, 0.25) is 10.0 Å². The molecule has 22 heavy (non-hydrogen) atoms. The Morgan fingerprint density at radius 2 is 1.86 bits per heavy atom. The van der Waals surface area contributed by atoms with Crippen molar-refractivity contribution in [1.82, 2.24) is 14.5 Å². The predicted molar refractivity (Wildman–Crippen MR) is 85.9 cm³/mol. The number of fused-ring (bicyclic) bond motifs is 1. The van der Waals surface area contributed by atoms with Gasteiger partial charge < -0.3 is 0 Å². The molecule has 5 nitrogen and oxygen atoms in total. The molecule has 3 rings (SSSR count). The lowest BCUT2D eigenvalue weighted by Crippen LogP contribution is -2.24. The molecule has 0 saturated heterocycles. The molecule has 0 unspecified atom stereocenters. The van der Waals surface area contributed by atoms with Crippen molar-refractivity contribution in [2.45, 2.75) is 24.9 Å². The summed E-state index contributed by atoms with van der Waals surface area (Å²) in [6, 6.07) is 14.6.